The van der Waals surface area contributed by atoms with E-state index in [2.05, 4.69) is 9.48 Å². The molecule has 3 heterocycles. The molecule has 6 rings (SSSR count). The van der Waals surface area contributed by atoms with E-state index in [1.807, 2.05) is 36.4 Å². The van der Waals surface area contributed by atoms with Crippen molar-refractivity contribution in [3.05, 3.63) is 70.3 Å². The van der Waals surface area contributed by atoms with Gasteiger partial charge in [0.05, 0.1) is 12.4 Å². The zero-order chi connectivity index (χ0) is 24.4. The Kier molecular flexibility index (Phi) is 5.11. The van der Waals surface area contributed by atoms with Crippen LogP contribution in [0.5, 0.6) is 0 Å². The summed E-state index contributed by atoms with van der Waals surface area (Å²) in [5.74, 6) is -6.18. The molecule has 35 heavy (non-hydrogen) atoms. The summed E-state index contributed by atoms with van der Waals surface area (Å²) in [6.45, 7) is 4.89. The van der Waals surface area contributed by atoms with E-state index in [4.69, 9.17) is 0 Å². The summed E-state index contributed by atoms with van der Waals surface area (Å²) in [5.41, 5.74) is -0.300. The summed E-state index contributed by atoms with van der Waals surface area (Å²) in [5, 5.41) is 13.6. The van der Waals surface area contributed by atoms with E-state index in [9.17, 15) is 18.7 Å². The van der Waals surface area contributed by atoms with E-state index >= 15 is 4.39 Å². The number of anilines is 1. The molecule has 0 atom stereocenters. The Labute approximate surface area is 203 Å². The van der Waals surface area contributed by atoms with Gasteiger partial charge in [-0.2, -0.15) is 0 Å². The average Bonchev–Trinajstić information content (AvgIpc) is 2.76. The molecular weight excluding hydrogens is 473 g/mol. The molecule has 178 valence electrons. The smallest absolute Gasteiger partial charge is 0.201 e. The molecule has 0 N–H and O–H groups in total. The van der Waals surface area contributed by atoms with Gasteiger partial charge in [0.15, 0.2) is 11.6 Å². The predicted octanol–water partition coefficient (Wildman–Crippen LogP) is 4.15. The highest BCUT2D eigenvalue weighted by Crippen LogP contribution is 2.47. The minimum atomic E-state index is -1.96. The van der Waals surface area contributed by atoms with E-state index in [0.717, 1.165) is 66.6 Å². The molecule has 0 bridgehead atoms. The molecule has 0 unspecified atom stereocenters. The summed E-state index contributed by atoms with van der Waals surface area (Å²) in [6, 6.07) is 11.4. The van der Waals surface area contributed by atoms with Crippen LogP contribution in [0.4, 0.5) is 18.9 Å². The van der Waals surface area contributed by atoms with E-state index in [0.29, 0.717) is 10.9 Å². The van der Waals surface area contributed by atoms with Gasteiger partial charge < -0.3 is 14.8 Å². The van der Waals surface area contributed by atoms with Crippen molar-refractivity contribution in [2.75, 3.05) is 31.1 Å². The fourth-order valence-corrected chi connectivity index (χ4v) is 6.04. The molecule has 0 radical (unpaired) electrons. The number of rotatable bonds is 3. The van der Waals surface area contributed by atoms with Crippen LogP contribution in [0.1, 0.15) is 28.8 Å². The minimum absolute atomic E-state index is 0.234. The summed E-state index contributed by atoms with van der Waals surface area (Å²) in [6.07, 6.45) is 2.22. The van der Waals surface area contributed by atoms with Crippen molar-refractivity contribution in [3.63, 3.8) is 0 Å². The number of hydrogen-bond donors (Lipinski definition) is 0. The second-order valence-electron chi connectivity index (χ2n) is 9.12. The summed E-state index contributed by atoms with van der Waals surface area (Å²) in [7, 11) is 0. The number of halogens is 3. The maximum Gasteiger partial charge on any atom is 0.201 e. The third-order valence-corrected chi connectivity index (χ3v) is 8.24. The second kappa shape index (κ2) is 8.09. The van der Waals surface area contributed by atoms with E-state index < -0.39 is 40.1 Å². The van der Waals surface area contributed by atoms with Gasteiger partial charge in [-0.25, -0.2) is 17.7 Å². The normalized spacial score (nSPS) is 15.4. The number of carboxylic acids is 1. The molecule has 0 amide bonds. The van der Waals surface area contributed by atoms with Gasteiger partial charge in [0.25, 0.3) is 0 Å². The van der Waals surface area contributed by atoms with Gasteiger partial charge in [-0.05, 0) is 31.5 Å². The first-order valence-corrected chi connectivity index (χ1v) is 12.4. The molecule has 0 aromatic heterocycles. The Balaban J connectivity index is 1.76. The molecule has 0 spiro atoms. The number of nitrogens with zero attached hydrogens (tertiary/aromatic N) is 2. The predicted molar refractivity (Wildman–Crippen MR) is 129 cm³/mol. The Morgan fingerprint density at radius 1 is 0.971 bits per heavy atom. The van der Waals surface area contributed by atoms with Crippen molar-refractivity contribution in [3.8, 4) is 21.6 Å². The van der Waals surface area contributed by atoms with Crippen molar-refractivity contribution in [2.45, 2.75) is 19.8 Å². The van der Waals surface area contributed by atoms with E-state index in [-0.39, 0.29) is 5.56 Å². The van der Waals surface area contributed by atoms with Crippen LogP contribution in [0, 0.1) is 24.4 Å². The highest BCUT2D eigenvalue weighted by Gasteiger charge is 2.29. The SMILES string of the molecule is Cc1c(F)c(F)c(C(=O)[O-])c(-c2c3ccc(=[N+]4CCC4)cc-3sc3cc(N4CCC4)ccc23)c1F. The van der Waals surface area contributed by atoms with Crippen LogP contribution in [0.3, 0.4) is 0 Å². The average molecular weight is 495 g/mol. The van der Waals surface area contributed by atoms with E-state index in [1.165, 1.54) is 11.3 Å². The summed E-state index contributed by atoms with van der Waals surface area (Å²) in [4.78, 5) is 15.0. The van der Waals surface area contributed by atoms with Crippen molar-refractivity contribution >= 4 is 33.1 Å². The quantitative estimate of drug-likeness (QED) is 0.244. The lowest BCUT2D eigenvalue weighted by Crippen LogP contribution is -2.40. The molecular formula is C27H21F3N2O2S. The van der Waals surface area contributed by atoms with Gasteiger partial charge in [-0.3, -0.25) is 0 Å². The fraction of sp³-hybridized carbons (Fsp3) is 0.259. The van der Waals surface area contributed by atoms with Gasteiger partial charge in [0.1, 0.15) is 18.9 Å². The maximum atomic E-state index is 15.6. The van der Waals surface area contributed by atoms with Crippen LogP contribution >= 0.6 is 11.3 Å². The first kappa shape index (κ1) is 22.1. The van der Waals surface area contributed by atoms with Crippen LogP contribution in [-0.2, 0) is 0 Å². The minimum Gasteiger partial charge on any atom is -0.545 e. The summed E-state index contributed by atoms with van der Waals surface area (Å²) >= 11 is 1.52. The molecule has 2 aromatic rings. The first-order valence-electron chi connectivity index (χ1n) is 11.6. The lowest BCUT2D eigenvalue weighted by Gasteiger charge is -2.33. The third kappa shape index (κ3) is 3.34. The van der Waals surface area contributed by atoms with Crippen molar-refractivity contribution in [1.82, 2.24) is 4.58 Å². The molecule has 4 nitrogen and oxygen atoms in total. The van der Waals surface area contributed by atoms with Gasteiger partial charge in [0, 0.05) is 73.7 Å². The van der Waals surface area contributed by atoms with Gasteiger partial charge in [-0.15, -0.1) is 11.3 Å². The summed E-state index contributed by atoms with van der Waals surface area (Å²) < 4.78 is 48.0. The Hall–Kier alpha value is -3.39. The van der Waals surface area contributed by atoms with Gasteiger partial charge in [0.2, 0.25) is 5.36 Å². The molecule has 2 saturated heterocycles. The largest absolute Gasteiger partial charge is 0.545 e. The van der Waals surface area contributed by atoms with Crippen LogP contribution in [-0.4, -0.2) is 32.1 Å². The molecule has 3 aliphatic heterocycles. The lowest BCUT2D eigenvalue weighted by molar-refractivity contribution is -0.255. The third-order valence-electron chi connectivity index (χ3n) is 7.13. The Bertz CT molecular complexity index is 1580. The number of carbonyl (C=O) groups is 1. The number of carbonyl (C=O) groups excluding carboxylic acids is 1. The van der Waals surface area contributed by atoms with Crippen LogP contribution in [0.2, 0.25) is 0 Å². The number of benzene rings is 3. The topological polar surface area (TPSA) is 46.4 Å². The zero-order valence-corrected chi connectivity index (χ0v) is 19.8. The highest BCUT2D eigenvalue weighted by molar-refractivity contribution is 7.21. The number of fused-ring (bicyclic) bond motifs is 2. The molecule has 2 fully saturated rings. The van der Waals surface area contributed by atoms with Gasteiger partial charge in [-0.1, -0.05) is 6.07 Å². The monoisotopic (exact) mass is 494 g/mol. The highest BCUT2D eigenvalue weighted by atomic mass is 32.1. The van der Waals surface area contributed by atoms with Crippen molar-refractivity contribution < 1.29 is 23.1 Å². The standard InChI is InChI=1S/C27H21F3N2O2S/c1-14-24(28)22(23(27(33)34)26(30)25(14)29)21-17-6-4-15(31-8-2-9-31)12-19(17)35-20-13-16(5-7-18(20)21)32-10-3-11-32/h4-7,12-13H,2-3,8-11H2,1H3. The van der Waals surface area contributed by atoms with Crippen molar-refractivity contribution in [2.24, 2.45) is 0 Å². The van der Waals surface area contributed by atoms with E-state index in [1.54, 1.807) is 0 Å². The van der Waals surface area contributed by atoms with Crippen LogP contribution < -0.4 is 19.9 Å². The molecule has 8 heteroatoms. The number of carboxylic acid groups (broad SMARTS) is 1. The Morgan fingerprint density at radius 2 is 1.74 bits per heavy atom. The second-order valence-corrected chi connectivity index (χ2v) is 10.2. The zero-order valence-electron chi connectivity index (χ0n) is 19.0. The Morgan fingerprint density at radius 3 is 2.37 bits per heavy atom. The number of hydrogen-bond acceptors (Lipinski definition) is 4. The fourth-order valence-electron chi connectivity index (χ4n) is 4.88. The lowest BCUT2D eigenvalue weighted by atomic mass is 9.89. The molecule has 0 saturated carbocycles. The van der Waals surface area contributed by atoms with Crippen LogP contribution in [0.15, 0.2) is 36.4 Å². The molecule has 2 aromatic carbocycles. The number of aromatic carboxylic acids is 1. The van der Waals surface area contributed by atoms with Crippen molar-refractivity contribution in [1.29, 1.82) is 0 Å². The first-order chi connectivity index (χ1) is 16.8. The van der Waals surface area contributed by atoms with Crippen LogP contribution in [0.25, 0.3) is 31.7 Å². The molecule has 1 aliphatic carbocycles. The maximum absolute atomic E-state index is 15.6. The van der Waals surface area contributed by atoms with Gasteiger partial charge >= 0.3 is 0 Å². The molecule has 4 aliphatic rings.